The number of hydrogen-bond donors (Lipinski definition) is 1. The maximum Gasteiger partial charge on any atom is 0.112 e. The van der Waals surface area contributed by atoms with E-state index in [9.17, 15) is 0 Å². The van der Waals surface area contributed by atoms with E-state index in [1.807, 2.05) is 60.7 Å². The highest BCUT2D eigenvalue weighted by Crippen LogP contribution is 2.07. The Morgan fingerprint density at radius 2 is 1.13 bits per heavy atom. The zero-order valence-electron chi connectivity index (χ0n) is 12.6. The minimum atomic E-state index is 0.914. The molecule has 0 fully saturated rings. The van der Waals surface area contributed by atoms with E-state index in [0.717, 1.165) is 11.0 Å². The third kappa shape index (κ3) is 4.38. The molecule has 0 radical (unpaired) electrons. The second-order valence-corrected chi connectivity index (χ2v) is 4.98. The van der Waals surface area contributed by atoms with Gasteiger partial charge in [-0.05, 0) is 23.3 Å². The van der Waals surface area contributed by atoms with Crippen LogP contribution in [0.1, 0.15) is 11.1 Å². The first-order valence-electron chi connectivity index (χ1n) is 7.46. The summed E-state index contributed by atoms with van der Waals surface area (Å²) in [6.45, 7) is 0. The number of nitrogens with zero attached hydrogens (tertiary/aromatic N) is 2. The Morgan fingerprint density at radius 1 is 0.609 bits per heavy atom. The zero-order chi connectivity index (χ0) is 15.7. The first-order valence-corrected chi connectivity index (χ1v) is 7.46. The van der Waals surface area contributed by atoms with Gasteiger partial charge in [-0.15, -0.1) is 5.10 Å². The lowest BCUT2D eigenvalue weighted by Crippen LogP contribution is -1.70. The van der Waals surface area contributed by atoms with E-state index in [1.165, 1.54) is 11.1 Å². The predicted octanol–water partition coefficient (Wildman–Crippen LogP) is 4.81. The van der Waals surface area contributed by atoms with Crippen LogP contribution >= 0.6 is 0 Å². The molecule has 0 saturated heterocycles. The Bertz CT molecular complexity index is 793. The Hall–Kier alpha value is -3.20. The molecule has 3 nitrogen and oxygen atoms in total. The van der Waals surface area contributed by atoms with Crippen LogP contribution in [0.2, 0.25) is 0 Å². The Labute approximate surface area is 135 Å². The number of nitrogens with one attached hydrogen (secondary N) is 1. The molecule has 0 aliphatic heterocycles. The molecule has 3 heteroatoms. The van der Waals surface area contributed by atoms with Crippen LogP contribution in [0.5, 0.6) is 0 Å². The fourth-order valence-corrected chi connectivity index (χ4v) is 2.11. The number of rotatable bonds is 2. The number of hydrogen-bond acceptors (Lipinski definition) is 2. The average molecular weight is 299 g/mol. The van der Waals surface area contributed by atoms with Gasteiger partial charge >= 0.3 is 0 Å². The summed E-state index contributed by atoms with van der Waals surface area (Å²) in [6.07, 6.45) is 4.24. The van der Waals surface area contributed by atoms with Crippen molar-refractivity contribution in [1.29, 1.82) is 0 Å². The summed E-state index contributed by atoms with van der Waals surface area (Å²) in [5.41, 5.74) is 4.36. The minimum Gasteiger partial charge on any atom is -0.258 e. The quantitative estimate of drug-likeness (QED) is 0.539. The smallest absolute Gasteiger partial charge is 0.112 e. The molecule has 1 heterocycles. The van der Waals surface area contributed by atoms with Crippen molar-refractivity contribution in [3.05, 3.63) is 96.1 Å². The largest absolute Gasteiger partial charge is 0.258 e. The molecular weight excluding hydrogens is 282 g/mol. The van der Waals surface area contributed by atoms with Gasteiger partial charge in [-0.2, -0.15) is 0 Å². The maximum atomic E-state index is 3.81. The highest BCUT2D eigenvalue weighted by molar-refractivity contribution is 5.72. The van der Waals surface area contributed by atoms with E-state index < -0.39 is 0 Å². The molecule has 0 bridgehead atoms. The lowest BCUT2D eigenvalue weighted by molar-refractivity contribution is 0.959. The molecule has 1 aromatic heterocycles. The van der Waals surface area contributed by atoms with Crippen LogP contribution in [0.4, 0.5) is 0 Å². The average Bonchev–Trinajstić information content (AvgIpc) is 3.11. The van der Waals surface area contributed by atoms with E-state index in [2.05, 4.69) is 51.8 Å². The second kappa shape index (κ2) is 7.71. The van der Waals surface area contributed by atoms with Gasteiger partial charge in [-0.25, -0.2) is 0 Å². The number of para-hydroxylation sites is 1. The van der Waals surface area contributed by atoms with Gasteiger partial charge in [-0.1, -0.05) is 90.2 Å². The van der Waals surface area contributed by atoms with Crippen molar-refractivity contribution in [2.24, 2.45) is 0 Å². The van der Waals surface area contributed by atoms with Gasteiger partial charge in [0.15, 0.2) is 0 Å². The van der Waals surface area contributed by atoms with Crippen LogP contribution in [0, 0.1) is 0 Å². The molecule has 0 saturated carbocycles. The standard InChI is InChI=1S/C14H12.C6H5N3/c1-3-7-13(8-4-1)11-12-14-9-5-2-6-10-14;1-2-4-6-5(3-1)7-9-8-6/h1-12H;1-4H,(H,7,8,9)/b12-11+;. The van der Waals surface area contributed by atoms with Gasteiger partial charge in [0.1, 0.15) is 5.52 Å². The first-order chi connectivity index (χ1) is 11.4. The van der Waals surface area contributed by atoms with Crippen molar-refractivity contribution in [2.45, 2.75) is 0 Å². The number of H-pyrrole nitrogens is 1. The van der Waals surface area contributed by atoms with Crippen molar-refractivity contribution in [1.82, 2.24) is 15.4 Å². The number of aromatic amines is 1. The van der Waals surface area contributed by atoms with E-state index in [4.69, 9.17) is 0 Å². The van der Waals surface area contributed by atoms with Gasteiger partial charge in [0, 0.05) is 0 Å². The van der Waals surface area contributed by atoms with Crippen molar-refractivity contribution in [3.8, 4) is 0 Å². The topological polar surface area (TPSA) is 41.6 Å². The molecule has 23 heavy (non-hydrogen) atoms. The monoisotopic (exact) mass is 299 g/mol. The molecule has 0 spiro atoms. The van der Waals surface area contributed by atoms with E-state index in [-0.39, 0.29) is 0 Å². The van der Waals surface area contributed by atoms with Crippen LogP contribution in [0.15, 0.2) is 84.9 Å². The first kappa shape index (κ1) is 14.7. The van der Waals surface area contributed by atoms with E-state index >= 15 is 0 Å². The van der Waals surface area contributed by atoms with Crippen molar-refractivity contribution in [3.63, 3.8) is 0 Å². The Kier molecular flexibility index (Phi) is 4.93. The van der Waals surface area contributed by atoms with Gasteiger partial charge in [-0.3, -0.25) is 5.10 Å². The normalized spacial score (nSPS) is 10.4. The molecule has 0 amide bonds. The minimum absolute atomic E-state index is 0.914. The third-order valence-electron chi connectivity index (χ3n) is 3.30. The summed E-state index contributed by atoms with van der Waals surface area (Å²) in [5.74, 6) is 0. The third-order valence-corrected chi connectivity index (χ3v) is 3.30. The Morgan fingerprint density at radius 3 is 1.70 bits per heavy atom. The van der Waals surface area contributed by atoms with Gasteiger partial charge in [0.2, 0.25) is 0 Å². The van der Waals surface area contributed by atoms with E-state index in [0.29, 0.717) is 0 Å². The van der Waals surface area contributed by atoms with Crippen LogP contribution in [-0.2, 0) is 0 Å². The summed E-state index contributed by atoms with van der Waals surface area (Å²) in [5, 5.41) is 10.2. The summed E-state index contributed by atoms with van der Waals surface area (Å²) in [4.78, 5) is 0. The Balaban J connectivity index is 0.000000149. The fraction of sp³-hybridized carbons (Fsp3) is 0. The highest BCUT2D eigenvalue weighted by Gasteiger charge is 1.90. The SMILES string of the molecule is C(=C\c1ccccc1)/c1ccccc1.c1ccc2[nH]nnc2c1. The van der Waals surface area contributed by atoms with Crippen molar-refractivity contribution < 1.29 is 0 Å². The lowest BCUT2D eigenvalue weighted by atomic mass is 10.1. The second-order valence-electron chi connectivity index (χ2n) is 4.98. The molecule has 4 aromatic rings. The van der Waals surface area contributed by atoms with Crippen LogP contribution < -0.4 is 0 Å². The van der Waals surface area contributed by atoms with Crippen molar-refractivity contribution in [2.75, 3.05) is 0 Å². The van der Waals surface area contributed by atoms with Gasteiger partial charge in [0.05, 0.1) is 5.52 Å². The highest BCUT2D eigenvalue weighted by atomic mass is 15.3. The van der Waals surface area contributed by atoms with Gasteiger partial charge < -0.3 is 0 Å². The maximum absolute atomic E-state index is 3.81. The molecule has 3 aromatic carbocycles. The van der Waals surface area contributed by atoms with Crippen LogP contribution in [0.25, 0.3) is 23.2 Å². The summed E-state index contributed by atoms with van der Waals surface area (Å²) in [6, 6.07) is 28.4. The number of fused-ring (bicyclic) bond motifs is 1. The molecule has 112 valence electrons. The number of benzene rings is 3. The predicted molar refractivity (Wildman–Crippen MR) is 95.7 cm³/mol. The van der Waals surface area contributed by atoms with Gasteiger partial charge in [0.25, 0.3) is 0 Å². The zero-order valence-corrected chi connectivity index (χ0v) is 12.6. The van der Waals surface area contributed by atoms with Crippen LogP contribution in [-0.4, -0.2) is 15.4 Å². The molecular formula is C20H17N3. The molecule has 0 aliphatic rings. The molecule has 4 rings (SSSR count). The molecule has 0 unspecified atom stereocenters. The molecule has 1 N–H and O–H groups in total. The molecule has 0 atom stereocenters. The summed E-state index contributed by atoms with van der Waals surface area (Å²) in [7, 11) is 0. The lowest BCUT2D eigenvalue weighted by Gasteiger charge is -1.92. The summed E-state index contributed by atoms with van der Waals surface area (Å²) >= 11 is 0. The number of aromatic nitrogens is 3. The van der Waals surface area contributed by atoms with Crippen LogP contribution in [0.3, 0.4) is 0 Å². The van der Waals surface area contributed by atoms with Crippen molar-refractivity contribution >= 4 is 23.2 Å². The molecule has 0 aliphatic carbocycles. The summed E-state index contributed by atoms with van der Waals surface area (Å²) < 4.78 is 0. The van der Waals surface area contributed by atoms with E-state index in [1.54, 1.807) is 0 Å². The fourth-order valence-electron chi connectivity index (χ4n) is 2.11.